The van der Waals surface area contributed by atoms with Crippen LogP contribution in [0.3, 0.4) is 0 Å². The van der Waals surface area contributed by atoms with Crippen LogP contribution in [0, 0.1) is 11.7 Å². The third-order valence-electron chi connectivity index (χ3n) is 3.92. The van der Waals surface area contributed by atoms with Crippen molar-refractivity contribution >= 4 is 11.9 Å². The molecule has 2 aromatic rings. The molecule has 0 bridgehead atoms. The van der Waals surface area contributed by atoms with Crippen LogP contribution in [0.5, 0.6) is 0 Å². The minimum Gasteiger partial charge on any atom is -0.452 e. The molecular formula is C21H24FNO3. The van der Waals surface area contributed by atoms with Gasteiger partial charge in [0.15, 0.2) is 6.61 Å². The molecule has 0 aliphatic heterocycles. The minimum absolute atomic E-state index is 0.194. The molecule has 2 rings (SSSR count). The predicted molar refractivity (Wildman–Crippen MR) is 98.2 cm³/mol. The van der Waals surface area contributed by atoms with Crippen molar-refractivity contribution in [2.24, 2.45) is 5.92 Å². The van der Waals surface area contributed by atoms with Crippen LogP contribution in [0.25, 0.3) is 0 Å². The number of amides is 1. The van der Waals surface area contributed by atoms with Crippen molar-refractivity contribution in [1.82, 2.24) is 5.32 Å². The number of nitrogens with one attached hydrogen (secondary N) is 1. The van der Waals surface area contributed by atoms with Crippen LogP contribution in [-0.2, 0) is 16.0 Å². The normalized spacial score (nSPS) is 11.9. The summed E-state index contributed by atoms with van der Waals surface area (Å²) in [7, 11) is 0. The monoisotopic (exact) mass is 357 g/mol. The second-order valence-electron chi connectivity index (χ2n) is 6.71. The van der Waals surface area contributed by atoms with Crippen LogP contribution in [0.1, 0.15) is 48.3 Å². The Bertz CT molecular complexity index is 739. The van der Waals surface area contributed by atoms with Gasteiger partial charge in [-0.3, -0.25) is 4.79 Å². The van der Waals surface area contributed by atoms with Crippen LogP contribution in [0.4, 0.5) is 4.39 Å². The Kier molecular flexibility index (Phi) is 6.89. The predicted octanol–water partition coefficient (Wildman–Crippen LogP) is 4.06. The zero-order valence-corrected chi connectivity index (χ0v) is 15.3. The first-order valence-electron chi connectivity index (χ1n) is 8.66. The average Bonchev–Trinajstić information content (AvgIpc) is 2.60. The van der Waals surface area contributed by atoms with E-state index in [2.05, 4.69) is 31.3 Å². The summed E-state index contributed by atoms with van der Waals surface area (Å²) in [6, 6.07) is 12.9. The molecule has 0 saturated heterocycles. The summed E-state index contributed by atoms with van der Waals surface area (Å²) in [5.41, 5.74) is 2.44. The van der Waals surface area contributed by atoms with E-state index in [9.17, 15) is 14.0 Å². The molecule has 0 heterocycles. The molecule has 2 aromatic carbocycles. The van der Waals surface area contributed by atoms with Crippen molar-refractivity contribution < 1.29 is 18.7 Å². The summed E-state index contributed by atoms with van der Waals surface area (Å²) in [6.07, 6.45) is 1.01. The second kappa shape index (κ2) is 9.13. The van der Waals surface area contributed by atoms with Gasteiger partial charge in [-0.05, 0) is 54.7 Å². The van der Waals surface area contributed by atoms with Crippen LogP contribution in [0.15, 0.2) is 48.5 Å². The summed E-state index contributed by atoms with van der Waals surface area (Å²) in [5, 5.41) is 2.80. The number of rotatable bonds is 7. The van der Waals surface area contributed by atoms with Crippen LogP contribution in [-0.4, -0.2) is 18.5 Å². The molecule has 1 N–H and O–H groups in total. The lowest BCUT2D eigenvalue weighted by Crippen LogP contribution is -2.31. The average molecular weight is 357 g/mol. The number of ether oxygens (including phenoxy) is 1. The van der Waals surface area contributed by atoms with Crippen molar-refractivity contribution in [3.8, 4) is 0 Å². The number of hydrogen-bond acceptors (Lipinski definition) is 3. The largest absolute Gasteiger partial charge is 0.452 e. The van der Waals surface area contributed by atoms with Crippen molar-refractivity contribution in [3.05, 3.63) is 71.0 Å². The lowest BCUT2D eigenvalue weighted by Gasteiger charge is -2.15. The van der Waals surface area contributed by atoms with Crippen LogP contribution < -0.4 is 5.32 Å². The SMILES string of the molecule is CC(C)Cc1ccc([C@H](C)NC(=O)COC(=O)c2ccc(F)cc2)cc1. The second-order valence-corrected chi connectivity index (χ2v) is 6.71. The highest BCUT2D eigenvalue weighted by atomic mass is 19.1. The maximum absolute atomic E-state index is 12.8. The number of benzene rings is 2. The zero-order chi connectivity index (χ0) is 19.1. The molecule has 4 nitrogen and oxygen atoms in total. The van der Waals surface area contributed by atoms with E-state index in [1.165, 1.54) is 29.8 Å². The van der Waals surface area contributed by atoms with Crippen molar-refractivity contribution in [2.45, 2.75) is 33.2 Å². The van der Waals surface area contributed by atoms with Gasteiger partial charge in [0.2, 0.25) is 0 Å². The highest BCUT2D eigenvalue weighted by Gasteiger charge is 2.13. The first kappa shape index (κ1) is 19.6. The maximum Gasteiger partial charge on any atom is 0.338 e. The van der Waals surface area contributed by atoms with E-state index >= 15 is 0 Å². The number of esters is 1. The lowest BCUT2D eigenvalue weighted by molar-refractivity contribution is -0.124. The van der Waals surface area contributed by atoms with Gasteiger partial charge in [0.1, 0.15) is 5.82 Å². The summed E-state index contributed by atoms with van der Waals surface area (Å²) in [5.74, 6) is -0.897. The minimum atomic E-state index is -0.661. The molecule has 0 aliphatic carbocycles. The molecule has 0 radical (unpaired) electrons. The Morgan fingerprint density at radius 3 is 2.19 bits per heavy atom. The molecule has 0 saturated carbocycles. The molecule has 1 amide bonds. The van der Waals surface area contributed by atoms with E-state index in [-0.39, 0.29) is 24.1 Å². The Morgan fingerprint density at radius 2 is 1.62 bits per heavy atom. The van der Waals surface area contributed by atoms with Gasteiger partial charge in [0.25, 0.3) is 5.91 Å². The fourth-order valence-electron chi connectivity index (χ4n) is 2.58. The lowest BCUT2D eigenvalue weighted by atomic mass is 10.00. The van der Waals surface area contributed by atoms with Crippen molar-refractivity contribution in [3.63, 3.8) is 0 Å². The van der Waals surface area contributed by atoms with Gasteiger partial charge in [-0.25, -0.2) is 9.18 Å². The zero-order valence-electron chi connectivity index (χ0n) is 15.3. The van der Waals surface area contributed by atoms with Crippen molar-refractivity contribution in [2.75, 3.05) is 6.61 Å². The van der Waals surface area contributed by atoms with Gasteiger partial charge in [-0.15, -0.1) is 0 Å². The molecule has 26 heavy (non-hydrogen) atoms. The highest BCUT2D eigenvalue weighted by molar-refractivity contribution is 5.91. The number of carbonyl (C=O) groups is 2. The van der Waals surface area contributed by atoms with Gasteiger partial charge in [0.05, 0.1) is 11.6 Å². The van der Waals surface area contributed by atoms with Gasteiger partial charge in [-0.2, -0.15) is 0 Å². The topological polar surface area (TPSA) is 55.4 Å². The Balaban J connectivity index is 1.83. The third kappa shape index (κ3) is 5.99. The van der Waals surface area contributed by atoms with E-state index in [1.807, 2.05) is 19.1 Å². The van der Waals surface area contributed by atoms with Gasteiger partial charge < -0.3 is 10.1 Å². The molecular weight excluding hydrogens is 333 g/mol. The quantitative estimate of drug-likeness (QED) is 0.761. The van der Waals surface area contributed by atoms with Crippen LogP contribution in [0.2, 0.25) is 0 Å². The Labute approximate surface area is 153 Å². The molecule has 0 aromatic heterocycles. The first-order chi connectivity index (χ1) is 12.3. The van der Waals surface area contributed by atoms with E-state index in [0.717, 1.165) is 12.0 Å². The Hall–Kier alpha value is -2.69. The molecule has 0 unspecified atom stereocenters. The molecule has 0 spiro atoms. The van der Waals surface area contributed by atoms with E-state index in [0.29, 0.717) is 5.92 Å². The van der Waals surface area contributed by atoms with E-state index in [4.69, 9.17) is 4.74 Å². The highest BCUT2D eigenvalue weighted by Crippen LogP contribution is 2.15. The fraction of sp³-hybridized carbons (Fsp3) is 0.333. The van der Waals surface area contributed by atoms with Gasteiger partial charge in [0, 0.05) is 0 Å². The first-order valence-corrected chi connectivity index (χ1v) is 8.66. The van der Waals surface area contributed by atoms with Gasteiger partial charge >= 0.3 is 5.97 Å². The fourth-order valence-corrected chi connectivity index (χ4v) is 2.58. The Morgan fingerprint density at radius 1 is 1.00 bits per heavy atom. The molecule has 0 fully saturated rings. The molecule has 1 atom stereocenters. The molecule has 138 valence electrons. The van der Waals surface area contributed by atoms with Crippen LogP contribution >= 0.6 is 0 Å². The smallest absolute Gasteiger partial charge is 0.338 e. The molecule has 5 heteroatoms. The third-order valence-corrected chi connectivity index (χ3v) is 3.92. The molecule has 0 aliphatic rings. The number of halogens is 1. The van der Waals surface area contributed by atoms with E-state index in [1.54, 1.807) is 0 Å². The summed E-state index contributed by atoms with van der Waals surface area (Å²) in [4.78, 5) is 23.8. The number of carbonyl (C=O) groups excluding carboxylic acids is 2. The summed E-state index contributed by atoms with van der Waals surface area (Å²) < 4.78 is 17.8. The summed E-state index contributed by atoms with van der Waals surface area (Å²) >= 11 is 0. The number of hydrogen-bond donors (Lipinski definition) is 1. The van der Waals surface area contributed by atoms with Crippen molar-refractivity contribution in [1.29, 1.82) is 0 Å². The maximum atomic E-state index is 12.8. The van der Waals surface area contributed by atoms with E-state index < -0.39 is 11.8 Å². The van der Waals surface area contributed by atoms with Gasteiger partial charge in [-0.1, -0.05) is 38.1 Å². The summed E-state index contributed by atoms with van der Waals surface area (Å²) in [6.45, 7) is 5.83. The standard InChI is InChI=1S/C21H24FNO3/c1-14(2)12-16-4-6-17(7-5-16)15(3)23-20(24)13-26-21(25)18-8-10-19(22)11-9-18/h4-11,14-15H,12-13H2,1-3H3,(H,23,24)/t15-/m0/s1.